The van der Waals surface area contributed by atoms with E-state index in [2.05, 4.69) is 0 Å². The Hall–Kier alpha value is -0.230. The smallest absolute Gasteiger partial charge is 0.207 e. The largest absolute Gasteiger partial charge is 0.243 e. The molecule has 0 N–H and O–H groups in total. The third-order valence-corrected chi connectivity index (χ3v) is 6.17. The van der Waals surface area contributed by atoms with Gasteiger partial charge in [-0.1, -0.05) is 12.1 Å². The van der Waals surface area contributed by atoms with Crippen LogP contribution in [-0.2, 0) is 15.9 Å². The van der Waals surface area contributed by atoms with E-state index in [1.165, 1.54) is 0 Å². The first-order valence-corrected chi connectivity index (χ1v) is 9.00. The number of rotatable bonds is 3. The molecule has 0 aromatic heterocycles. The van der Waals surface area contributed by atoms with E-state index >= 15 is 0 Å². The first-order valence-electron chi connectivity index (χ1n) is 5.87. The van der Waals surface area contributed by atoms with Crippen LogP contribution in [0.3, 0.4) is 0 Å². The molecule has 0 spiro atoms. The van der Waals surface area contributed by atoms with Crippen LogP contribution in [0.1, 0.15) is 12.0 Å². The van der Waals surface area contributed by atoms with E-state index in [-0.39, 0.29) is 0 Å². The standard InChI is InChI=1S/C12H16ClNO2S2/c13-10-11-2-4-12(5-3-11)18(15,16)14-6-1-8-17-9-7-14/h2-5H,1,6-10H2. The zero-order valence-electron chi connectivity index (χ0n) is 10.0. The van der Waals surface area contributed by atoms with Gasteiger partial charge < -0.3 is 0 Å². The SMILES string of the molecule is O=S(=O)(c1ccc(CCl)cc1)N1CCCSCC1. The zero-order chi connectivity index (χ0) is 13.0. The summed E-state index contributed by atoms with van der Waals surface area (Å²) in [7, 11) is -3.33. The van der Waals surface area contributed by atoms with Crippen molar-refractivity contribution in [2.45, 2.75) is 17.2 Å². The predicted octanol–water partition coefficient (Wildman–Crippen LogP) is 2.55. The molecule has 2 rings (SSSR count). The van der Waals surface area contributed by atoms with Gasteiger partial charge in [0.25, 0.3) is 0 Å². The lowest BCUT2D eigenvalue weighted by Gasteiger charge is -2.19. The maximum Gasteiger partial charge on any atom is 0.243 e. The lowest BCUT2D eigenvalue weighted by molar-refractivity contribution is 0.435. The maximum atomic E-state index is 12.4. The zero-order valence-corrected chi connectivity index (χ0v) is 12.4. The topological polar surface area (TPSA) is 37.4 Å². The monoisotopic (exact) mass is 305 g/mol. The van der Waals surface area contributed by atoms with E-state index in [0.29, 0.717) is 23.9 Å². The molecule has 18 heavy (non-hydrogen) atoms. The fourth-order valence-electron chi connectivity index (χ4n) is 1.86. The predicted molar refractivity (Wildman–Crippen MR) is 76.7 cm³/mol. The molecule has 1 aliphatic rings. The summed E-state index contributed by atoms with van der Waals surface area (Å²) < 4.78 is 26.4. The Labute approximate surface area is 118 Å². The summed E-state index contributed by atoms with van der Waals surface area (Å²) in [6.07, 6.45) is 0.920. The molecule has 3 nitrogen and oxygen atoms in total. The highest BCUT2D eigenvalue weighted by Gasteiger charge is 2.24. The van der Waals surface area contributed by atoms with Crippen molar-refractivity contribution in [1.29, 1.82) is 0 Å². The van der Waals surface area contributed by atoms with Gasteiger partial charge in [0.2, 0.25) is 10.0 Å². The van der Waals surface area contributed by atoms with Crippen LogP contribution in [0.25, 0.3) is 0 Å². The fraction of sp³-hybridized carbons (Fsp3) is 0.500. The summed E-state index contributed by atoms with van der Waals surface area (Å²) in [6.45, 7) is 1.22. The highest BCUT2D eigenvalue weighted by molar-refractivity contribution is 7.99. The number of sulfonamides is 1. The van der Waals surface area contributed by atoms with Gasteiger partial charge in [0.05, 0.1) is 4.90 Å². The second-order valence-corrected chi connectivity index (χ2v) is 7.58. The average molecular weight is 306 g/mol. The van der Waals surface area contributed by atoms with E-state index in [9.17, 15) is 8.42 Å². The van der Waals surface area contributed by atoms with Gasteiger partial charge in [-0.3, -0.25) is 0 Å². The normalized spacial score (nSPS) is 18.5. The number of benzene rings is 1. The third-order valence-electron chi connectivity index (χ3n) is 2.90. The van der Waals surface area contributed by atoms with Gasteiger partial charge in [0, 0.05) is 24.7 Å². The molecule has 0 bridgehead atoms. The van der Waals surface area contributed by atoms with Crippen LogP contribution < -0.4 is 0 Å². The molecule has 100 valence electrons. The van der Waals surface area contributed by atoms with E-state index in [4.69, 9.17) is 11.6 Å². The minimum atomic E-state index is -3.33. The fourth-order valence-corrected chi connectivity index (χ4v) is 4.52. The van der Waals surface area contributed by atoms with E-state index in [1.807, 2.05) is 11.8 Å². The summed E-state index contributed by atoms with van der Waals surface area (Å²) in [6, 6.07) is 6.83. The quantitative estimate of drug-likeness (QED) is 0.806. The molecular formula is C12H16ClNO2S2. The van der Waals surface area contributed by atoms with Gasteiger partial charge in [0.1, 0.15) is 0 Å². The van der Waals surface area contributed by atoms with E-state index in [1.54, 1.807) is 28.6 Å². The summed E-state index contributed by atoms with van der Waals surface area (Å²) in [5.41, 5.74) is 0.932. The summed E-state index contributed by atoms with van der Waals surface area (Å²) in [4.78, 5) is 0.364. The Morgan fingerprint density at radius 3 is 2.56 bits per heavy atom. The van der Waals surface area contributed by atoms with Crippen molar-refractivity contribution in [2.24, 2.45) is 0 Å². The summed E-state index contributed by atoms with van der Waals surface area (Å²) in [5.74, 6) is 2.32. The molecule has 0 radical (unpaired) electrons. The molecule has 0 saturated carbocycles. The van der Waals surface area contributed by atoms with Crippen LogP contribution in [0.4, 0.5) is 0 Å². The Morgan fingerprint density at radius 2 is 1.89 bits per heavy atom. The number of thioether (sulfide) groups is 1. The maximum absolute atomic E-state index is 12.4. The lowest BCUT2D eigenvalue weighted by atomic mass is 10.2. The number of nitrogens with zero attached hydrogens (tertiary/aromatic N) is 1. The van der Waals surface area contributed by atoms with Crippen LogP contribution in [0.15, 0.2) is 29.2 Å². The molecule has 1 aromatic rings. The first kappa shape index (κ1) is 14.2. The van der Waals surface area contributed by atoms with Gasteiger partial charge in [-0.15, -0.1) is 11.6 Å². The molecule has 1 aromatic carbocycles. The Morgan fingerprint density at radius 1 is 1.17 bits per heavy atom. The molecular weight excluding hydrogens is 290 g/mol. The Bertz CT molecular complexity index is 479. The molecule has 1 aliphatic heterocycles. The van der Waals surface area contributed by atoms with Gasteiger partial charge in [-0.2, -0.15) is 16.1 Å². The second kappa shape index (κ2) is 6.28. The van der Waals surface area contributed by atoms with Crippen molar-refractivity contribution in [2.75, 3.05) is 24.6 Å². The second-order valence-electron chi connectivity index (χ2n) is 4.15. The first-order chi connectivity index (χ1) is 8.64. The Kier molecular flexibility index (Phi) is 4.95. The van der Waals surface area contributed by atoms with E-state index in [0.717, 1.165) is 23.5 Å². The molecule has 0 unspecified atom stereocenters. The van der Waals surface area contributed by atoms with Gasteiger partial charge >= 0.3 is 0 Å². The van der Waals surface area contributed by atoms with Crippen LogP contribution in [0.5, 0.6) is 0 Å². The van der Waals surface area contributed by atoms with Crippen LogP contribution in [-0.4, -0.2) is 37.3 Å². The van der Waals surface area contributed by atoms with Crippen molar-refractivity contribution < 1.29 is 8.42 Å². The van der Waals surface area contributed by atoms with Crippen LogP contribution >= 0.6 is 23.4 Å². The molecule has 0 atom stereocenters. The van der Waals surface area contributed by atoms with Crippen LogP contribution in [0, 0.1) is 0 Å². The van der Waals surface area contributed by atoms with Crippen molar-refractivity contribution in [1.82, 2.24) is 4.31 Å². The number of hydrogen-bond acceptors (Lipinski definition) is 3. The molecule has 0 aliphatic carbocycles. The van der Waals surface area contributed by atoms with Crippen LogP contribution in [0.2, 0.25) is 0 Å². The lowest BCUT2D eigenvalue weighted by Crippen LogP contribution is -2.32. The van der Waals surface area contributed by atoms with E-state index < -0.39 is 10.0 Å². The minimum Gasteiger partial charge on any atom is -0.207 e. The number of halogens is 1. The summed E-state index contributed by atoms with van der Waals surface area (Å²) >= 11 is 7.51. The van der Waals surface area contributed by atoms with Gasteiger partial charge in [-0.25, -0.2) is 8.42 Å². The molecule has 0 amide bonds. The minimum absolute atomic E-state index is 0.364. The van der Waals surface area contributed by atoms with Crippen molar-refractivity contribution in [3.63, 3.8) is 0 Å². The third kappa shape index (κ3) is 3.20. The molecule has 1 heterocycles. The van der Waals surface area contributed by atoms with Crippen molar-refractivity contribution in [3.8, 4) is 0 Å². The molecule has 6 heteroatoms. The summed E-state index contributed by atoms with van der Waals surface area (Å²) in [5, 5.41) is 0. The van der Waals surface area contributed by atoms with Crippen molar-refractivity contribution >= 4 is 33.4 Å². The van der Waals surface area contributed by atoms with Gasteiger partial charge in [-0.05, 0) is 29.9 Å². The molecule has 1 saturated heterocycles. The average Bonchev–Trinajstić information content (AvgIpc) is 2.68. The number of hydrogen-bond donors (Lipinski definition) is 0. The Balaban J connectivity index is 2.22. The highest BCUT2D eigenvalue weighted by Crippen LogP contribution is 2.20. The molecule has 1 fully saturated rings. The van der Waals surface area contributed by atoms with Crippen molar-refractivity contribution in [3.05, 3.63) is 29.8 Å². The highest BCUT2D eigenvalue weighted by atomic mass is 35.5. The number of alkyl halides is 1. The van der Waals surface area contributed by atoms with Gasteiger partial charge in [0.15, 0.2) is 0 Å².